The van der Waals surface area contributed by atoms with Crippen molar-refractivity contribution in [3.8, 4) is 0 Å². The number of nitrogens with zero attached hydrogens (tertiary/aromatic N) is 1. The first-order valence-corrected chi connectivity index (χ1v) is 6.06. The third-order valence-electron chi connectivity index (χ3n) is 3.34. The predicted molar refractivity (Wildman–Crippen MR) is 74.2 cm³/mol. The minimum absolute atomic E-state index is 0.00301. The predicted octanol–water partition coefficient (Wildman–Crippen LogP) is 3.95. The molecule has 0 saturated heterocycles. The van der Waals surface area contributed by atoms with Crippen molar-refractivity contribution in [1.82, 2.24) is 0 Å². The molecule has 1 aliphatic heterocycles. The highest BCUT2D eigenvalue weighted by Crippen LogP contribution is 2.42. The van der Waals surface area contributed by atoms with Gasteiger partial charge in [-0.3, -0.25) is 10.1 Å². The van der Waals surface area contributed by atoms with Gasteiger partial charge in [0, 0.05) is 17.0 Å². The normalized spacial score (nSPS) is 16.7. The van der Waals surface area contributed by atoms with Crippen LogP contribution in [-0.2, 0) is 0 Å². The molecule has 1 N–H and O–H groups in total. The fourth-order valence-electron chi connectivity index (χ4n) is 2.78. The van der Waals surface area contributed by atoms with Crippen LogP contribution in [0, 0.1) is 10.1 Å². The van der Waals surface area contributed by atoms with Crippen molar-refractivity contribution in [2.24, 2.45) is 0 Å². The zero-order valence-electron chi connectivity index (χ0n) is 11.0. The summed E-state index contributed by atoms with van der Waals surface area (Å²) in [6, 6.07) is 3.33. The van der Waals surface area contributed by atoms with E-state index < -0.39 is 4.92 Å². The lowest BCUT2D eigenvalue weighted by Crippen LogP contribution is -2.31. The molecule has 5 heteroatoms. The summed E-state index contributed by atoms with van der Waals surface area (Å²) in [5.74, 6) is 0. The van der Waals surface area contributed by atoms with Crippen LogP contribution in [0.3, 0.4) is 0 Å². The van der Waals surface area contributed by atoms with E-state index in [-0.39, 0.29) is 11.2 Å². The Morgan fingerprint density at radius 2 is 2.16 bits per heavy atom. The smallest absolute Gasteiger partial charge is 0.314 e. The van der Waals surface area contributed by atoms with Crippen LogP contribution < -0.4 is 5.32 Å². The summed E-state index contributed by atoms with van der Waals surface area (Å²) in [6.07, 6.45) is 3.61. The minimum atomic E-state index is -0.408. The van der Waals surface area contributed by atoms with Crippen molar-refractivity contribution in [2.75, 3.05) is 5.32 Å². The van der Waals surface area contributed by atoms with Gasteiger partial charge >= 0.3 is 5.69 Å². The summed E-state index contributed by atoms with van der Waals surface area (Å²) in [7, 11) is 0. The van der Waals surface area contributed by atoms with Gasteiger partial charge in [-0.2, -0.15) is 0 Å². The highest BCUT2D eigenvalue weighted by atomic mass is 16.6. The van der Waals surface area contributed by atoms with Gasteiger partial charge in [0.05, 0.1) is 22.4 Å². The van der Waals surface area contributed by atoms with Crippen molar-refractivity contribution in [2.45, 2.75) is 26.3 Å². The Kier molecular flexibility index (Phi) is 2.23. The molecular formula is C14H14N2O3. The number of nitrogens with one attached hydrogen (secondary N) is 1. The number of nitro benzene ring substituents is 1. The van der Waals surface area contributed by atoms with Gasteiger partial charge in [0.1, 0.15) is 0 Å². The SMILES string of the molecule is CC1=CC(C)(C)Nc2cc([N+](=O)[O-])c3occc3c21. The highest BCUT2D eigenvalue weighted by Gasteiger charge is 2.28. The summed E-state index contributed by atoms with van der Waals surface area (Å²) >= 11 is 0. The Morgan fingerprint density at radius 1 is 1.42 bits per heavy atom. The number of hydrogen-bond donors (Lipinski definition) is 1. The van der Waals surface area contributed by atoms with Crippen molar-refractivity contribution in [3.05, 3.63) is 40.1 Å². The number of rotatable bonds is 1. The van der Waals surface area contributed by atoms with Gasteiger partial charge in [0.2, 0.25) is 5.58 Å². The lowest BCUT2D eigenvalue weighted by Gasteiger charge is -2.31. The Hall–Kier alpha value is -2.30. The maximum absolute atomic E-state index is 11.1. The second kappa shape index (κ2) is 3.60. The molecular weight excluding hydrogens is 244 g/mol. The van der Waals surface area contributed by atoms with Crippen LogP contribution in [0.25, 0.3) is 16.5 Å². The maximum atomic E-state index is 11.1. The first-order valence-electron chi connectivity index (χ1n) is 6.06. The molecule has 1 aromatic carbocycles. The van der Waals surface area contributed by atoms with Crippen LogP contribution in [0.1, 0.15) is 26.3 Å². The molecule has 5 nitrogen and oxygen atoms in total. The van der Waals surface area contributed by atoms with Gasteiger partial charge in [0.15, 0.2) is 0 Å². The van der Waals surface area contributed by atoms with Gasteiger partial charge in [-0.1, -0.05) is 6.08 Å². The van der Waals surface area contributed by atoms with Crippen molar-refractivity contribution in [1.29, 1.82) is 0 Å². The minimum Gasteiger partial charge on any atom is -0.457 e. The molecule has 19 heavy (non-hydrogen) atoms. The van der Waals surface area contributed by atoms with E-state index in [0.29, 0.717) is 5.58 Å². The van der Waals surface area contributed by atoms with E-state index in [1.807, 2.05) is 20.8 Å². The van der Waals surface area contributed by atoms with Crippen LogP contribution >= 0.6 is 0 Å². The molecule has 3 rings (SSSR count). The lowest BCUT2D eigenvalue weighted by atomic mass is 9.89. The zero-order valence-corrected chi connectivity index (χ0v) is 11.0. The molecule has 1 aliphatic rings. The molecule has 0 fully saturated rings. The van der Waals surface area contributed by atoms with Gasteiger partial charge < -0.3 is 9.73 Å². The van der Waals surface area contributed by atoms with Crippen LogP contribution in [0.5, 0.6) is 0 Å². The van der Waals surface area contributed by atoms with E-state index in [1.54, 1.807) is 12.1 Å². The summed E-state index contributed by atoms with van der Waals surface area (Å²) in [5, 5.41) is 15.2. The van der Waals surface area contributed by atoms with Crippen LogP contribution in [0.15, 0.2) is 28.9 Å². The third-order valence-corrected chi connectivity index (χ3v) is 3.34. The summed E-state index contributed by atoms with van der Waals surface area (Å²) in [5.41, 5.74) is 2.97. The van der Waals surface area contributed by atoms with Gasteiger partial charge in [0.25, 0.3) is 0 Å². The second-order valence-corrected chi connectivity index (χ2v) is 5.41. The van der Waals surface area contributed by atoms with E-state index in [1.165, 1.54) is 6.26 Å². The molecule has 0 bridgehead atoms. The van der Waals surface area contributed by atoms with Crippen molar-refractivity contribution >= 4 is 27.9 Å². The first kappa shape index (κ1) is 11.8. The largest absolute Gasteiger partial charge is 0.457 e. The average Bonchev–Trinajstić information content (AvgIpc) is 2.73. The zero-order chi connectivity index (χ0) is 13.8. The highest BCUT2D eigenvalue weighted by molar-refractivity contribution is 6.02. The van der Waals surface area contributed by atoms with Gasteiger partial charge in [-0.05, 0) is 32.4 Å². The fourth-order valence-corrected chi connectivity index (χ4v) is 2.78. The number of anilines is 1. The average molecular weight is 258 g/mol. The number of benzene rings is 1. The van der Waals surface area contributed by atoms with Gasteiger partial charge in [-0.15, -0.1) is 0 Å². The van der Waals surface area contributed by atoms with Crippen molar-refractivity contribution < 1.29 is 9.34 Å². The van der Waals surface area contributed by atoms with E-state index in [4.69, 9.17) is 4.42 Å². The number of hydrogen-bond acceptors (Lipinski definition) is 4. The Bertz CT molecular complexity index is 726. The Labute approximate surface area is 110 Å². The number of fused-ring (bicyclic) bond motifs is 3. The van der Waals surface area contributed by atoms with Crippen LogP contribution in [0.2, 0.25) is 0 Å². The maximum Gasteiger partial charge on any atom is 0.314 e. The number of furan rings is 1. The first-order chi connectivity index (χ1) is 8.89. The standard InChI is InChI=1S/C14H14N2O3/c1-8-7-14(2,3)15-10-6-11(16(17)18)13-9(12(8)10)4-5-19-13/h4-7,15H,1-3H3. The van der Waals surface area contributed by atoms with Crippen molar-refractivity contribution in [3.63, 3.8) is 0 Å². The third kappa shape index (κ3) is 1.69. The summed E-state index contributed by atoms with van der Waals surface area (Å²) < 4.78 is 5.28. The molecule has 2 heterocycles. The Balaban J connectivity index is 2.39. The fraction of sp³-hybridized carbons (Fsp3) is 0.286. The van der Waals surface area contributed by atoms with Crippen LogP contribution in [0.4, 0.5) is 11.4 Å². The molecule has 0 unspecified atom stereocenters. The molecule has 0 spiro atoms. The van der Waals surface area contributed by atoms with E-state index in [9.17, 15) is 10.1 Å². The quantitative estimate of drug-likeness (QED) is 0.621. The molecule has 0 amide bonds. The monoisotopic (exact) mass is 258 g/mol. The number of nitro groups is 1. The van der Waals surface area contributed by atoms with Gasteiger partial charge in [-0.25, -0.2) is 0 Å². The molecule has 2 aromatic rings. The Morgan fingerprint density at radius 3 is 2.84 bits per heavy atom. The number of non-ortho nitro benzene ring substituents is 1. The summed E-state index contributed by atoms with van der Waals surface area (Å²) in [4.78, 5) is 10.7. The van der Waals surface area contributed by atoms with Crippen LogP contribution in [-0.4, -0.2) is 10.5 Å². The molecule has 1 aromatic heterocycles. The molecule has 0 atom stereocenters. The van der Waals surface area contributed by atoms with E-state index in [0.717, 1.165) is 22.2 Å². The van der Waals surface area contributed by atoms with E-state index >= 15 is 0 Å². The molecule has 0 radical (unpaired) electrons. The molecule has 0 saturated carbocycles. The summed E-state index contributed by atoms with van der Waals surface area (Å²) in [6.45, 7) is 6.08. The molecule has 0 aliphatic carbocycles. The number of allylic oxidation sites excluding steroid dienone is 1. The lowest BCUT2D eigenvalue weighted by molar-refractivity contribution is -0.383. The second-order valence-electron chi connectivity index (χ2n) is 5.41. The van der Waals surface area contributed by atoms with E-state index in [2.05, 4.69) is 11.4 Å². The topological polar surface area (TPSA) is 68.3 Å². The molecule has 98 valence electrons.